The monoisotopic (exact) mass is 390 g/mol. The first-order chi connectivity index (χ1) is 12.8. The zero-order valence-electron chi connectivity index (χ0n) is 17.1. The normalized spacial score (nSPS) is 42.7. The zero-order valence-corrected chi connectivity index (χ0v) is 17.1. The molecule has 0 nitrogen and oxygen atoms in total. The number of alkyl halides is 4. The van der Waals surface area contributed by atoms with Gasteiger partial charge in [-0.1, -0.05) is 52.4 Å². The number of fused-ring (bicyclic) bond motifs is 1. The van der Waals surface area contributed by atoms with E-state index >= 15 is 0 Å². The fraction of sp³-hybridized carbons (Fsp3) is 1.00. The van der Waals surface area contributed by atoms with Crippen molar-refractivity contribution in [2.24, 2.45) is 35.5 Å². The van der Waals surface area contributed by atoms with Gasteiger partial charge in [0.2, 0.25) is 0 Å². The van der Waals surface area contributed by atoms with Gasteiger partial charge in [0.25, 0.3) is 5.92 Å². The summed E-state index contributed by atoms with van der Waals surface area (Å²) in [5, 5.41) is 0. The fourth-order valence-electron chi connectivity index (χ4n) is 6.46. The van der Waals surface area contributed by atoms with Crippen molar-refractivity contribution >= 4 is 0 Å². The van der Waals surface area contributed by atoms with Crippen LogP contribution in [0.4, 0.5) is 17.6 Å². The van der Waals surface area contributed by atoms with Crippen LogP contribution in [-0.4, -0.2) is 18.3 Å². The molecule has 0 bridgehead atoms. The average molecular weight is 391 g/mol. The number of rotatable bonds is 7. The predicted octanol–water partition coefficient (Wildman–Crippen LogP) is 7.76. The standard InChI is InChI=1S/C23H38F4/c1-3-5-16(17-10-8-15(2)9-11-17)6-4-7-19-14-18-12-13-20(24)22(25)21(18)23(19,26)27/h15-22H,3-14H2,1-2H3. The first-order valence-corrected chi connectivity index (χ1v) is 11.5. The molecule has 27 heavy (non-hydrogen) atoms. The lowest BCUT2D eigenvalue weighted by atomic mass is 9.73. The average Bonchev–Trinajstić information content (AvgIpc) is 2.89. The van der Waals surface area contributed by atoms with Gasteiger partial charge in [0.1, 0.15) is 12.3 Å². The topological polar surface area (TPSA) is 0 Å². The van der Waals surface area contributed by atoms with Gasteiger partial charge in [0, 0.05) is 5.92 Å². The second kappa shape index (κ2) is 9.03. The molecule has 0 amide bonds. The second-order valence-corrected chi connectivity index (χ2v) is 9.93. The lowest BCUT2D eigenvalue weighted by Crippen LogP contribution is -2.44. The van der Waals surface area contributed by atoms with Crippen molar-refractivity contribution in [1.82, 2.24) is 0 Å². The Bertz CT molecular complexity index is 457. The van der Waals surface area contributed by atoms with Gasteiger partial charge < -0.3 is 0 Å². The van der Waals surface area contributed by atoms with Crippen LogP contribution < -0.4 is 0 Å². The van der Waals surface area contributed by atoms with Crippen LogP contribution in [0.5, 0.6) is 0 Å². The van der Waals surface area contributed by atoms with Crippen molar-refractivity contribution in [3.63, 3.8) is 0 Å². The zero-order chi connectivity index (χ0) is 19.6. The van der Waals surface area contributed by atoms with E-state index in [1.165, 1.54) is 32.1 Å². The summed E-state index contributed by atoms with van der Waals surface area (Å²) in [6.45, 7) is 4.54. The quantitative estimate of drug-likeness (QED) is 0.390. The maximum atomic E-state index is 14.8. The molecular weight excluding hydrogens is 352 g/mol. The molecule has 0 aromatic carbocycles. The van der Waals surface area contributed by atoms with E-state index in [9.17, 15) is 17.6 Å². The van der Waals surface area contributed by atoms with Crippen molar-refractivity contribution in [3.8, 4) is 0 Å². The first kappa shape index (κ1) is 21.4. The molecule has 6 unspecified atom stereocenters. The molecule has 3 aliphatic carbocycles. The smallest absolute Gasteiger partial charge is 0.244 e. The summed E-state index contributed by atoms with van der Waals surface area (Å²) in [5.41, 5.74) is 0. The van der Waals surface area contributed by atoms with Crippen molar-refractivity contribution < 1.29 is 17.6 Å². The summed E-state index contributed by atoms with van der Waals surface area (Å²) < 4.78 is 57.5. The summed E-state index contributed by atoms with van der Waals surface area (Å²) in [4.78, 5) is 0. The highest BCUT2D eigenvalue weighted by Gasteiger charge is 2.62. The molecule has 3 aliphatic rings. The molecule has 0 spiro atoms. The van der Waals surface area contributed by atoms with Crippen LogP contribution in [0.25, 0.3) is 0 Å². The van der Waals surface area contributed by atoms with E-state index in [-0.39, 0.29) is 12.3 Å². The van der Waals surface area contributed by atoms with Gasteiger partial charge in [0.15, 0.2) is 0 Å². The van der Waals surface area contributed by atoms with E-state index in [1.54, 1.807) is 0 Å². The summed E-state index contributed by atoms with van der Waals surface area (Å²) >= 11 is 0. The van der Waals surface area contributed by atoms with Gasteiger partial charge in [-0.2, -0.15) is 0 Å². The first-order valence-electron chi connectivity index (χ1n) is 11.5. The Kier molecular flexibility index (Phi) is 7.17. The summed E-state index contributed by atoms with van der Waals surface area (Å²) in [6.07, 6.45) is 7.12. The summed E-state index contributed by atoms with van der Waals surface area (Å²) in [5.74, 6) is -3.23. The van der Waals surface area contributed by atoms with E-state index in [2.05, 4.69) is 13.8 Å². The number of hydrogen-bond donors (Lipinski definition) is 0. The second-order valence-electron chi connectivity index (χ2n) is 9.93. The van der Waals surface area contributed by atoms with Gasteiger partial charge in [-0.25, -0.2) is 17.6 Å². The van der Waals surface area contributed by atoms with Crippen molar-refractivity contribution in [2.45, 2.75) is 109 Å². The Morgan fingerprint density at radius 2 is 1.67 bits per heavy atom. The Morgan fingerprint density at radius 3 is 2.33 bits per heavy atom. The molecule has 3 saturated carbocycles. The molecular formula is C23H38F4. The largest absolute Gasteiger partial charge is 0.256 e. The van der Waals surface area contributed by atoms with Crippen molar-refractivity contribution in [2.75, 3.05) is 0 Å². The Labute approximate surface area is 162 Å². The van der Waals surface area contributed by atoms with E-state index in [0.29, 0.717) is 25.2 Å². The third-order valence-corrected chi connectivity index (χ3v) is 8.10. The van der Waals surface area contributed by atoms with E-state index in [0.717, 1.165) is 31.1 Å². The van der Waals surface area contributed by atoms with E-state index in [4.69, 9.17) is 0 Å². The van der Waals surface area contributed by atoms with Crippen LogP contribution in [0.1, 0.15) is 90.9 Å². The Morgan fingerprint density at radius 1 is 0.963 bits per heavy atom. The fourth-order valence-corrected chi connectivity index (χ4v) is 6.46. The summed E-state index contributed by atoms with van der Waals surface area (Å²) in [6, 6.07) is 0. The van der Waals surface area contributed by atoms with E-state index in [1.807, 2.05) is 0 Å². The minimum Gasteiger partial charge on any atom is -0.244 e. The van der Waals surface area contributed by atoms with Gasteiger partial charge in [-0.05, 0) is 62.2 Å². The third kappa shape index (κ3) is 4.66. The highest BCUT2D eigenvalue weighted by atomic mass is 19.3. The molecule has 0 saturated heterocycles. The van der Waals surface area contributed by atoms with Crippen LogP contribution in [0.15, 0.2) is 0 Å². The van der Waals surface area contributed by atoms with E-state index < -0.39 is 30.1 Å². The van der Waals surface area contributed by atoms with Crippen LogP contribution in [0.2, 0.25) is 0 Å². The lowest BCUT2D eigenvalue weighted by molar-refractivity contribution is -0.128. The van der Waals surface area contributed by atoms with Gasteiger partial charge >= 0.3 is 0 Å². The van der Waals surface area contributed by atoms with Gasteiger partial charge in [0.05, 0.1) is 5.92 Å². The molecule has 3 rings (SSSR count). The molecule has 0 aromatic heterocycles. The minimum atomic E-state index is -3.03. The molecule has 0 N–H and O–H groups in total. The molecule has 158 valence electrons. The number of halogens is 4. The minimum absolute atomic E-state index is 0.115. The predicted molar refractivity (Wildman–Crippen MR) is 102 cm³/mol. The number of hydrogen-bond acceptors (Lipinski definition) is 0. The van der Waals surface area contributed by atoms with Crippen LogP contribution in [-0.2, 0) is 0 Å². The highest BCUT2D eigenvalue weighted by molar-refractivity contribution is 5.04. The molecule has 3 fully saturated rings. The Balaban J connectivity index is 1.53. The molecule has 0 radical (unpaired) electrons. The molecule has 6 atom stereocenters. The molecule has 0 heterocycles. The SMILES string of the molecule is CCCC(CCCC1CC2CCC(F)C(F)C2C1(F)F)C1CCC(C)CC1. The molecule has 0 aliphatic heterocycles. The van der Waals surface area contributed by atoms with Crippen molar-refractivity contribution in [1.29, 1.82) is 0 Å². The summed E-state index contributed by atoms with van der Waals surface area (Å²) in [7, 11) is 0. The Hall–Kier alpha value is -0.280. The maximum absolute atomic E-state index is 14.8. The van der Waals surface area contributed by atoms with Crippen molar-refractivity contribution in [3.05, 3.63) is 0 Å². The van der Waals surface area contributed by atoms with Crippen LogP contribution in [0, 0.1) is 35.5 Å². The maximum Gasteiger partial charge on any atom is 0.256 e. The van der Waals surface area contributed by atoms with Crippen LogP contribution >= 0.6 is 0 Å². The highest BCUT2D eigenvalue weighted by Crippen LogP contribution is 2.57. The lowest BCUT2D eigenvalue weighted by Gasteiger charge is -2.35. The third-order valence-electron chi connectivity index (χ3n) is 8.10. The molecule has 4 heteroatoms. The van der Waals surface area contributed by atoms with Gasteiger partial charge in [-0.3, -0.25) is 0 Å². The van der Waals surface area contributed by atoms with Crippen LogP contribution in [0.3, 0.4) is 0 Å². The van der Waals surface area contributed by atoms with Gasteiger partial charge in [-0.15, -0.1) is 0 Å². The molecule has 0 aromatic rings.